The van der Waals surface area contributed by atoms with Crippen molar-refractivity contribution < 1.29 is 4.42 Å². The van der Waals surface area contributed by atoms with Crippen molar-refractivity contribution in [3.8, 4) is 16.8 Å². The lowest BCUT2D eigenvalue weighted by molar-refractivity contribution is 0.590. The lowest BCUT2D eigenvalue weighted by Gasteiger charge is -2.25. The second kappa shape index (κ2) is 15.5. The molecule has 341 valence electrons. The Balaban J connectivity index is 1.04. The van der Waals surface area contributed by atoms with Gasteiger partial charge in [0, 0.05) is 97.4 Å². The Morgan fingerprint density at radius 2 is 1.15 bits per heavy atom. The van der Waals surface area contributed by atoms with Gasteiger partial charge in [-0.2, -0.15) is 0 Å². The van der Waals surface area contributed by atoms with E-state index in [4.69, 9.17) is 4.42 Å². The van der Waals surface area contributed by atoms with Crippen molar-refractivity contribution in [2.75, 3.05) is 10.2 Å². The predicted octanol–water partition coefficient (Wildman–Crippen LogP) is 17.7. The van der Waals surface area contributed by atoms with Gasteiger partial charge in [0.05, 0.1) is 11.2 Å². The maximum absolute atomic E-state index is 6.63. The summed E-state index contributed by atoms with van der Waals surface area (Å²) in [4.78, 5) is 2.36. The van der Waals surface area contributed by atoms with Gasteiger partial charge in [-0.3, -0.25) is 0 Å². The number of nitrogens with one attached hydrogen (secondary N) is 1. The van der Waals surface area contributed by atoms with Crippen molar-refractivity contribution in [3.63, 3.8) is 0 Å². The summed E-state index contributed by atoms with van der Waals surface area (Å²) in [5.41, 5.74) is 17.2. The average molecular weight is 951 g/mol. The molecule has 13 aromatic rings. The Morgan fingerprint density at radius 1 is 0.479 bits per heavy atom. The highest BCUT2D eigenvalue weighted by Crippen LogP contribution is 2.47. The van der Waals surface area contributed by atoms with E-state index < -0.39 is 0 Å². The van der Waals surface area contributed by atoms with Gasteiger partial charge in [-0.1, -0.05) is 126 Å². The lowest BCUT2D eigenvalue weighted by atomic mass is 9.63. The van der Waals surface area contributed by atoms with Gasteiger partial charge < -0.3 is 19.2 Å². The third kappa shape index (κ3) is 6.70. The van der Waals surface area contributed by atoms with Crippen molar-refractivity contribution in [1.82, 2.24) is 4.57 Å². The number of para-hydroxylation sites is 3. The van der Waals surface area contributed by atoms with E-state index in [-0.39, 0.29) is 10.8 Å². The molecular formula is C64H49BN3OS2. The molecule has 0 unspecified atom stereocenters. The van der Waals surface area contributed by atoms with Crippen molar-refractivity contribution in [2.24, 2.45) is 0 Å². The molecule has 4 nitrogen and oxygen atoms in total. The summed E-state index contributed by atoms with van der Waals surface area (Å²) in [5.74, 6) is 0. The van der Waals surface area contributed by atoms with Crippen molar-refractivity contribution in [3.05, 3.63) is 193 Å². The van der Waals surface area contributed by atoms with Crippen LogP contribution in [0.25, 0.3) is 90.8 Å². The minimum Gasteiger partial charge on any atom is -0.456 e. The van der Waals surface area contributed by atoms with E-state index in [2.05, 4.69) is 246 Å². The molecule has 7 heteroatoms. The Kier molecular flexibility index (Phi) is 9.21. The smallest absolute Gasteiger partial charge is 0.211 e. The zero-order valence-electron chi connectivity index (χ0n) is 40.5. The fourth-order valence-electron chi connectivity index (χ4n) is 11.1. The van der Waals surface area contributed by atoms with Gasteiger partial charge in [-0.05, 0) is 129 Å². The molecule has 1 aliphatic heterocycles. The Hall–Kier alpha value is -7.58. The van der Waals surface area contributed by atoms with Gasteiger partial charge in [0.2, 0.25) is 7.28 Å². The van der Waals surface area contributed by atoms with Crippen molar-refractivity contribution in [2.45, 2.75) is 52.4 Å². The van der Waals surface area contributed by atoms with Crippen LogP contribution in [0.4, 0.5) is 28.4 Å². The summed E-state index contributed by atoms with van der Waals surface area (Å²) in [7, 11) is 2.49. The first-order valence-electron chi connectivity index (χ1n) is 24.6. The van der Waals surface area contributed by atoms with Crippen LogP contribution in [-0.4, -0.2) is 11.8 Å². The van der Waals surface area contributed by atoms with Crippen LogP contribution in [0.1, 0.15) is 52.7 Å². The predicted molar refractivity (Wildman–Crippen MR) is 309 cm³/mol. The van der Waals surface area contributed by atoms with Crippen LogP contribution < -0.4 is 20.5 Å². The van der Waals surface area contributed by atoms with Crippen LogP contribution in [0.15, 0.2) is 186 Å². The third-order valence-corrected chi connectivity index (χ3v) is 17.0. The fourth-order valence-corrected chi connectivity index (χ4v) is 13.3. The molecule has 5 heterocycles. The van der Waals surface area contributed by atoms with E-state index in [1.165, 1.54) is 79.2 Å². The SMILES string of the molecule is CC(C)(C)c1ccc(Nc2cc3sc4ccc(N(c5ccccc5)c5ccccc5)cc4c3cc2-c2ccc3c4cc5c(cc4n4c3c2[B]c2sc3ccc(C(C)(C)C)cc3c2-4)oc2ccccc25)cc1. The quantitative estimate of drug-likeness (QED) is 0.169. The molecular weight excluding hydrogens is 902 g/mol. The summed E-state index contributed by atoms with van der Waals surface area (Å²) < 4.78 is 14.2. The number of furan rings is 1. The highest BCUT2D eigenvalue weighted by atomic mass is 32.1. The molecule has 1 radical (unpaired) electrons. The molecule has 1 aliphatic rings. The number of thiophene rings is 2. The topological polar surface area (TPSA) is 33.3 Å². The minimum absolute atomic E-state index is 0.00403. The molecule has 0 saturated heterocycles. The van der Waals surface area contributed by atoms with Gasteiger partial charge in [-0.25, -0.2) is 0 Å². The molecule has 0 atom stereocenters. The fraction of sp³-hybridized carbons (Fsp3) is 0.125. The second-order valence-corrected chi connectivity index (χ2v) is 23.4. The van der Waals surface area contributed by atoms with Gasteiger partial charge in [0.25, 0.3) is 0 Å². The first kappa shape index (κ1) is 42.3. The normalized spacial score (nSPS) is 12.8. The highest BCUT2D eigenvalue weighted by molar-refractivity contribution is 7.29. The standard InChI is InChI=1S/C64H49BN3OS2/c1-63(2,3)37-21-24-39(25-22-37)66-52-35-58-50(49-32-42(26-30-56(49)70-58)67(40-15-9-7-10-16-40)41-17-11-8-12-18-41)33-46(52)44-27-28-45-47-34-48-43-19-13-14-20-54(43)69-55(48)36-53(47)68-60(45)59(44)65-62-61(68)51-31-38(64(4,5)6)23-29-57(51)71-62/h7-36,66H,1-6H3. The summed E-state index contributed by atoms with van der Waals surface area (Å²) in [5, 5.41) is 12.5. The molecule has 0 spiro atoms. The van der Waals surface area contributed by atoms with E-state index in [9.17, 15) is 0 Å². The molecule has 0 amide bonds. The number of hydrogen-bond acceptors (Lipinski definition) is 5. The Bertz CT molecular complexity index is 4260. The van der Waals surface area contributed by atoms with Crippen LogP contribution in [0.3, 0.4) is 0 Å². The first-order chi connectivity index (χ1) is 34.4. The van der Waals surface area contributed by atoms with Gasteiger partial charge in [0.15, 0.2) is 0 Å². The molecule has 4 aromatic heterocycles. The number of hydrogen-bond donors (Lipinski definition) is 1. The van der Waals surface area contributed by atoms with E-state index in [1.54, 1.807) is 0 Å². The third-order valence-electron chi connectivity index (χ3n) is 14.7. The molecule has 71 heavy (non-hydrogen) atoms. The van der Waals surface area contributed by atoms with E-state index in [0.29, 0.717) is 0 Å². The van der Waals surface area contributed by atoms with Gasteiger partial charge in [0.1, 0.15) is 11.2 Å². The maximum atomic E-state index is 6.63. The van der Waals surface area contributed by atoms with Crippen LogP contribution in [0.5, 0.6) is 0 Å². The average Bonchev–Trinajstić information content (AvgIpc) is 4.12. The molecule has 0 bridgehead atoms. The number of nitrogens with zero attached hydrogens (tertiary/aromatic N) is 2. The highest BCUT2D eigenvalue weighted by Gasteiger charge is 2.31. The van der Waals surface area contributed by atoms with E-state index in [0.717, 1.165) is 61.5 Å². The summed E-state index contributed by atoms with van der Waals surface area (Å²) in [6.45, 7) is 13.7. The Morgan fingerprint density at radius 3 is 1.90 bits per heavy atom. The zero-order valence-corrected chi connectivity index (χ0v) is 42.2. The van der Waals surface area contributed by atoms with Crippen molar-refractivity contribution in [1.29, 1.82) is 0 Å². The summed E-state index contributed by atoms with van der Waals surface area (Å²) in [6.07, 6.45) is 0. The van der Waals surface area contributed by atoms with Crippen LogP contribution in [-0.2, 0) is 10.8 Å². The number of rotatable bonds is 6. The molecule has 9 aromatic carbocycles. The molecule has 0 aliphatic carbocycles. The number of aromatic nitrogens is 1. The first-order valence-corrected chi connectivity index (χ1v) is 26.2. The minimum atomic E-state index is 0.00403. The van der Waals surface area contributed by atoms with E-state index in [1.807, 2.05) is 22.7 Å². The van der Waals surface area contributed by atoms with Gasteiger partial charge >= 0.3 is 0 Å². The maximum Gasteiger partial charge on any atom is 0.211 e. The monoisotopic (exact) mass is 950 g/mol. The lowest BCUT2D eigenvalue weighted by Crippen LogP contribution is -2.35. The van der Waals surface area contributed by atoms with Crippen LogP contribution in [0, 0.1) is 0 Å². The Labute approximate surface area is 421 Å². The molecule has 14 rings (SSSR count). The van der Waals surface area contributed by atoms with Crippen LogP contribution >= 0.6 is 22.7 Å². The van der Waals surface area contributed by atoms with Crippen LogP contribution in [0.2, 0.25) is 0 Å². The van der Waals surface area contributed by atoms with Crippen molar-refractivity contribution >= 4 is 143 Å². The molecule has 0 fully saturated rings. The second-order valence-electron chi connectivity index (χ2n) is 21.3. The van der Waals surface area contributed by atoms with Gasteiger partial charge in [-0.15, -0.1) is 22.7 Å². The molecule has 0 saturated carbocycles. The largest absolute Gasteiger partial charge is 0.456 e. The number of anilines is 5. The number of benzene rings is 9. The number of fused-ring (bicyclic) bond motifs is 13. The molecule has 1 N–H and O–H groups in total. The van der Waals surface area contributed by atoms with E-state index >= 15 is 0 Å². The zero-order chi connectivity index (χ0) is 47.9. The summed E-state index contributed by atoms with van der Waals surface area (Å²) in [6, 6.07) is 67.2. The summed E-state index contributed by atoms with van der Waals surface area (Å²) >= 11 is 3.75.